The summed E-state index contributed by atoms with van der Waals surface area (Å²) in [6.07, 6.45) is 1.58. The molecule has 0 aliphatic rings. The molecule has 0 spiro atoms. The molecule has 0 aliphatic carbocycles. The first-order valence-electron chi connectivity index (χ1n) is 4.98. The van der Waals surface area contributed by atoms with Crippen LogP contribution >= 0.6 is 11.6 Å². The molecule has 1 atom stereocenters. The third-order valence-corrected chi connectivity index (χ3v) is 2.79. The number of aromatic amines is 1. The molecular weight excluding hydrogens is 224 g/mol. The second-order valence-corrected chi connectivity index (χ2v) is 3.98. The van der Waals surface area contributed by atoms with E-state index in [1.807, 2.05) is 18.2 Å². The van der Waals surface area contributed by atoms with Gasteiger partial charge in [0.15, 0.2) is 5.78 Å². The number of hydrogen-bond acceptors (Lipinski definition) is 2. The fraction of sp³-hybridized carbons (Fsp3) is 0.167. The van der Waals surface area contributed by atoms with Crippen LogP contribution in [0.3, 0.4) is 0 Å². The van der Waals surface area contributed by atoms with Crippen LogP contribution in [0, 0.1) is 0 Å². The number of Topliss-reactive ketones (excluding diaryl/α,β-unsaturated/α-hetero) is 1. The van der Waals surface area contributed by atoms with Crippen LogP contribution in [0.25, 0.3) is 0 Å². The van der Waals surface area contributed by atoms with Crippen LogP contribution < -0.4 is 0 Å². The van der Waals surface area contributed by atoms with E-state index in [1.54, 1.807) is 25.3 Å². The second-order valence-electron chi connectivity index (χ2n) is 3.57. The van der Waals surface area contributed by atoms with Gasteiger partial charge in [0.25, 0.3) is 0 Å². The van der Waals surface area contributed by atoms with Crippen LogP contribution in [0.2, 0.25) is 5.02 Å². The number of carbonyl (C=O) groups is 1. The third-order valence-electron chi connectivity index (χ3n) is 2.48. The first kappa shape index (κ1) is 10.9. The number of H-pyrrole nitrogens is 1. The molecule has 0 saturated heterocycles. The van der Waals surface area contributed by atoms with Gasteiger partial charge in [-0.05, 0) is 6.92 Å². The predicted octanol–water partition coefficient (Wildman–Crippen LogP) is 3.05. The molecule has 0 radical (unpaired) electrons. The van der Waals surface area contributed by atoms with Gasteiger partial charge in [0.2, 0.25) is 0 Å². The Bertz CT molecular complexity index is 493. The number of carbonyl (C=O) groups excluding carboxylic acids is 1. The lowest BCUT2D eigenvalue weighted by molar-refractivity contribution is 0.0964. The van der Waals surface area contributed by atoms with Gasteiger partial charge in [0, 0.05) is 11.8 Å². The minimum absolute atomic E-state index is 0.0228. The standard InChI is InChI=1S/C12H11ClN2O/c1-8(11-10(13)7-14-15-11)12(16)9-5-3-2-4-6-9/h2-8H,1H3,(H,14,15). The summed E-state index contributed by atoms with van der Waals surface area (Å²) in [5.41, 5.74) is 1.27. The van der Waals surface area contributed by atoms with Gasteiger partial charge < -0.3 is 0 Å². The lowest BCUT2D eigenvalue weighted by Crippen LogP contribution is -2.10. The maximum Gasteiger partial charge on any atom is 0.171 e. The van der Waals surface area contributed by atoms with Crippen molar-refractivity contribution < 1.29 is 4.79 Å². The topological polar surface area (TPSA) is 45.8 Å². The zero-order valence-electron chi connectivity index (χ0n) is 8.77. The van der Waals surface area contributed by atoms with Crippen molar-refractivity contribution >= 4 is 17.4 Å². The number of hydrogen-bond donors (Lipinski definition) is 1. The monoisotopic (exact) mass is 234 g/mol. The number of rotatable bonds is 3. The lowest BCUT2D eigenvalue weighted by Gasteiger charge is -2.07. The molecule has 1 unspecified atom stereocenters. The van der Waals surface area contributed by atoms with E-state index < -0.39 is 0 Å². The Kier molecular flexibility index (Phi) is 3.06. The molecule has 0 fully saturated rings. The molecule has 4 heteroatoms. The Labute approximate surface area is 98.4 Å². The van der Waals surface area contributed by atoms with Crippen molar-refractivity contribution in [3.8, 4) is 0 Å². The zero-order valence-corrected chi connectivity index (χ0v) is 9.53. The highest BCUT2D eigenvalue weighted by molar-refractivity contribution is 6.31. The minimum Gasteiger partial charge on any atom is -0.293 e. The van der Waals surface area contributed by atoms with Gasteiger partial charge in [0.1, 0.15) is 0 Å². The number of ketones is 1. The van der Waals surface area contributed by atoms with Crippen molar-refractivity contribution in [3.05, 3.63) is 52.8 Å². The summed E-state index contributed by atoms with van der Waals surface area (Å²) in [4.78, 5) is 12.1. The Morgan fingerprint density at radius 1 is 1.38 bits per heavy atom. The van der Waals surface area contributed by atoms with Crippen molar-refractivity contribution in [1.82, 2.24) is 10.2 Å². The molecule has 2 aromatic rings. The van der Waals surface area contributed by atoms with Gasteiger partial charge in [-0.25, -0.2) is 0 Å². The fourth-order valence-electron chi connectivity index (χ4n) is 1.57. The van der Waals surface area contributed by atoms with Gasteiger partial charge in [-0.2, -0.15) is 5.10 Å². The summed E-state index contributed by atoms with van der Waals surface area (Å²) in [5.74, 6) is -0.309. The number of nitrogens with one attached hydrogen (secondary N) is 1. The number of benzene rings is 1. The van der Waals surface area contributed by atoms with Crippen LogP contribution in [0.15, 0.2) is 36.5 Å². The lowest BCUT2D eigenvalue weighted by atomic mass is 9.97. The van der Waals surface area contributed by atoms with Crippen LogP contribution in [0.5, 0.6) is 0 Å². The molecule has 16 heavy (non-hydrogen) atoms. The van der Waals surface area contributed by atoms with Crippen LogP contribution in [0.1, 0.15) is 28.9 Å². The second kappa shape index (κ2) is 4.49. The average molecular weight is 235 g/mol. The van der Waals surface area contributed by atoms with E-state index in [4.69, 9.17) is 11.6 Å². The molecule has 1 heterocycles. The number of aromatic nitrogens is 2. The molecule has 0 amide bonds. The highest BCUT2D eigenvalue weighted by Crippen LogP contribution is 2.24. The van der Waals surface area contributed by atoms with Crippen LogP contribution in [0.4, 0.5) is 0 Å². The number of halogens is 1. The summed E-state index contributed by atoms with van der Waals surface area (Å²) < 4.78 is 0. The summed E-state index contributed by atoms with van der Waals surface area (Å²) in [7, 11) is 0. The van der Waals surface area contributed by atoms with Gasteiger partial charge in [-0.1, -0.05) is 41.9 Å². The van der Waals surface area contributed by atoms with Gasteiger partial charge in [-0.15, -0.1) is 0 Å². The molecule has 2 rings (SSSR count). The summed E-state index contributed by atoms with van der Waals surface area (Å²) in [6, 6.07) is 9.14. The zero-order chi connectivity index (χ0) is 11.5. The molecule has 1 aromatic heterocycles. The summed E-state index contributed by atoms with van der Waals surface area (Å²) >= 11 is 5.92. The van der Waals surface area contributed by atoms with Crippen LogP contribution in [-0.4, -0.2) is 16.0 Å². The number of nitrogens with zero attached hydrogens (tertiary/aromatic N) is 1. The molecule has 0 aliphatic heterocycles. The smallest absolute Gasteiger partial charge is 0.171 e. The molecule has 3 nitrogen and oxygen atoms in total. The van der Waals surface area contributed by atoms with E-state index in [2.05, 4.69) is 10.2 Å². The van der Waals surface area contributed by atoms with Gasteiger partial charge in [-0.3, -0.25) is 9.89 Å². The molecule has 0 bridgehead atoms. The van der Waals surface area contributed by atoms with E-state index in [9.17, 15) is 4.79 Å². The highest BCUT2D eigenvalue weighted by atomic mass is 35.5. The fourth-order valence-corrected chi connectivity index (χ4v) is 1.82. The van der Waals surface area contributed by atoms with E-state index in [-0.39, 0.29) is 11.7 Å². The molecular formula is C12H11ClN2O. The Morgan fingerprint density at radius 3 is 2.62 bits per heavy atom. The molecule has 0 saturated carbocycles. The van der Waals surface area contributed by atoms with Gasteiger partial charge >= 0.3 is 0 Å². The van der Waals surface area contributed by atoms with Crippen molar-refractivity contribution in [2.75, 3.05) is 0 Å². The first-order chi connectivity index (χ1) is 7.70. The maximum atomic E-state index is 12.1. The third kappa shape index (κ3) is 1.99. The van der Waals surface area contributed by atoms with Crippen molar-refractivity contribution in [2.45, 2.75) is 12.8 Å². The van der Waals surface area contributed by atoms with Crippen molar-refractivity contribution in [1.29, 1.82) is 0 Å². The molecule has 1 N–H and O–H groups in total. The quantitative estimate of drug-likeness (QED) is 0.830. The van der Waals surface area contributed by atoms with E-state index >= 15 is 0 Å². The van der Waals surface area contributed by atoms with Gasteiger partial charge in [0.05, 0.1) is 16.6 Å². The minimum atomic E-state index is -0.332. The Balaban J connectivity index is 2.27. The predicted molar refractivity (Wildman–Crippen MR) is 62.8 cm³/mol. The van der Waals surface area contributed by atoms with E-state index in [1.165, 1.54) is 0 Å². The normalized spacial score (nSPS) is 12.4. The van der Waals surface area contributed by atoms with E-state index in [0.29, 0.717) is 16.3 Å². The SMILES string of the molecule is CC(C(=O)c1ccccc1)c1n[nH]cc1Cl. The van der Waals surface area contributed by atoms with Crippen LogP contribution in [-0.2, 0) is 0 Å². The van der Waals surface area contributed by atoms with Crippen molar-refractivity contribution in [2.24, 2.45) is 0 Å². The Hall–Kier alpha value is -1.61. The molecule has 82 valence electrons. The van der Waals surface area contributed by atoms with Crippen molar-refractivity contribution in [3.63, 3.8) is 0 Å². The largest absolute Gasteiger partial charge is 0.293 e. The summed E-state index contributed by atoms with van der Waals surface area (Å²) in [5, 5.41) is 7.13. The first-order valence-corrected chi connectivity index (χ1v) is 5.36. The maximum absolute atomic E-state index is 12.1. The summed E-state index contributed by atoms with van der Waals surface area (Å²) in [6.45, 7) is 1.80. The highest BCUT2D eigenvalue weighted by Gasteiger charge is 2.21. The van der Waals surface area contributed by atoms with E-state index in [0.717, 1.165) is 0 Å². The average Bonchev–Trinajstić information content (AvgIpc) is 2.75. The Morgan fingerprint density at radius 2 is 2.06 bits per heavy atom. The molecule has 1 aromatic carbocycles.